The Bertz CT molecular complexity index is 781. The number of phenolic OH excluding ortho intramolecular Hbond substituents is 1. The average Bonchev–Trinajstić information content (AvgIpc) is 2.62. The van der Waals surface area contributed by atoms with Gasteiger partial charge in [0.1, 0.15) is 11.5 Å². The van der Waals surface area contributed by atoms with E-state index in [9.17, 15) is 9.90 Å². The van der Waals surface area contributed by atoms with Crippen molar-refractivity contribution in [3.8, 4) is 11.5 Å². The number of anilines is 1. The summed E-state index contributed by atoms with van der Waals surface area (Å²) in [6, 6.07) is 12.0. The normalized spacial score (nSPS) is 11.5. The molecule has 0 unspecified atom stereocenters. The molecule has 0 aliphatic heterocycles. The second-order valence-electron chi connectivity index (χ2n) is 5.83. The molecule has 0 aliphatic carbocycles. The van der Waals surface area contributed by atoms with Gasteiger partial charge in [-0.1, -0.05) is 31.5 Å². The molecule has 26 heavy (non-hydrogen) atoms. The maximum Gasteiger partial charge on any atom is 0.264 e. The minimum Gasteiger partial charge on any atom is -0.506 e. The molecule has 0 heterocycles. The number of nitrogens with one attached hydrogen (secondary N) is 2. The quantitative estimate of drug-likeness (QED) is 0.500. The highest BCUT2D eigenvalue weighted by Gasteiger charge is 2.11. The van der Waals surface area contributed by atoms with Gasteiger partial charge in [-0.2, -0.15) is 0 Å². The molecule has 138 valence electrons. The van der Waals surface area contributed by atoms with E-state index in [1.807, 2.05) is 12.1 Å². The number of amides is 1. The summed E-state index contributed by atoms with van der Waals surface area (Å²) < 4.78 is 5.36. The predicted octanol–water partition coefficient (Wildman–Crippen LogP) is 4.45. The van der Waals surface area contributed by atoms with Crippen molar-refractivity contribution in [3.63, 3.8) is 0 Å². The number of thiocarbonyl (C=S) groups is 1. The minimum atomic E-state index is -0.407. The fraction of sp³-hybridized carbons (Fsp3) is 0.263. The Hall–Kier alpha value is -2.31. The van der Waals surface area contributed by atoms with Crippen LogP contribution in [0.5, 0.6) is 11.5 Å². The highest BCUT2D eigenvalue weighted by molar-refractivity contribution is 7.80. The molecular weight excluding hydrogens is 372 g/mol. The van der Waals surface area contributed by atoms with Crippen LogP contribution in [-0.4, -0.2) is 22.7 Å². The Morgan fingerprint density at radius 1 is 1.27 bits per heavy atom. The van der Waals surface area contributed by atoms with E-state index in [0.29, 0.717) is 22.4 Å². The standard InChI is InChI=1S/C19H21ClN2O3S/c1-3-12(2)13-4-9-17(23)16(10-13)21-19(26)22-18(24)11-25-15-7-5-14(20)6-8-15/h4-10,12,23H,3,11H2,1-2H3,(H2,21,22,24,26)/t12-/m0/s1. The lowest BCUT2D eigenvalue weighted by molar-refractivity contribution is -0.121. The first-order valence-corrected chi connectivity index (χ1v) is 8.99. The first kappa shape index (κ1) is 20.0. The second-order valence-corrected chi connectivity index (χ2v) is 6.68. The van der Waals surface area contributed by atoms with Gasteiger partial charge in [-0.05, 0) is 66.5 Å². The summed E-state index contributed by atoms with van der Waals surface area (Å²) in [4.78, 5) is 11.9. The van der Waals surface area contributed by atoms with Crippen LogP contribution in [0.2, 0.25) is 5.02 Å². The van der Waals surface area contributed by atoms with Crippen molar-refractivity contribution < 1.29 is 14.6 Å². The molecule has 0 radical (unpaired) electrons. The Morgan fingerprint density at radius 3 is 2.62 bits per heavy atom. The van der Waals surface area contributed by atoms with E-state index < -0.39 is 5.91 Å². The van der Waals surface area contributed by atoms with Crippen molar-refractivity contribution in [2.45, 2.75) is 26.2 Å². The van der Waals surface area contributed by atoms with Crippen molar-refractivity contribution in [2.75, 3.05) is 11.9 Å². The van der Waals surface area contributed by atoms with Crippen molar-refractivity contribution in [2.24, 2.45) is 0 Å². The van der Waals surface area contributed by atoms with Crippen LogP contribution in [0.15, 0.2) is 42.5 Å². The van der Waals surface area contributed by atoms with Crippen LogP contribution in [0.25, 0.3) is 0 Å². The molecule has 0 saturated heterocycles. The molecule has 2 aromatic carbocycles. The number of hydrogen-bond acceptors (Lipinski definition) is 4. The van der Waals surface area contributed by atoms with E-state index in [0.717, 1.165) is 12.0 Å². The topological polar surface area (TPSA) is 70.6 Å². The number of rotatable bonds is 6. The molecule has 0 fully saturated rings. The van der Waals surface area contributed by atoms with Gasteiger partial charge in [0, 0.05) is 5.02 Å². The fourth-order valence-electron chi connectivity index (χ4n) is 2.19. The SMILES string of the molecule is CC[C@H](C)c1ccc(O)c(NC(=S)NC(=O)COc2ccc(Cl)cc2)c1. The van der Waals surface area contributed by atoms with Crippen LogP contribution in [0.4, 0.5) is 5.69 Å². The smallest absolute Gasteiger partial charge is 0.264 e. The Kier molecular flexibility index (Phi) is 7.24. The average molecular weight is 393 g/mol. The van der Waals surface area contributed by atoms with Gasteiger partial charge in [-0.3, -0.25) is 10.1 Å². The molecule has 3 N–H and O–H groups in total. The number of carbonyl (C=O) groups excluding carboxylic acids is 1. The van der Waals surface area contributed by atoms with E-state index in [2.05, 4.69) is 24.5 Å². The number of phenols is 1. The third kappa shape index (κ3) is 5.89. The number of hydrogen-bond donors (Lipinski definition) is 3. The van der Waals surface area contributed by atoms with Gasteiger partial charge < -0.3 is 15.2 Å². The maximum atomic E-state index is 11.9. The van der Waals surface area contributed by atoms with Gasteiger partial charge in [-0.25, -0.2) is 0 Å². The van der Waals surface area contributed by atoms with E-state index in [4.69, 9.17) is 28.6 Å². The second kappa shape index (κ2) is 9.40. The molecule has 0 bridgehead atoms. The van der Waals surface area contributed by atoms with Crippen LogP contribution < -0.4 is 15.4 Å². The Morgan fingerprint density at radius 2 is 1.96 bits per heavy atom. The molecule has 0 spiro atoms. The molecule has 5 nitrogen and oxygen atoms in total. The molecule has 2 aromatic rings. The summed E-state index contributed by atoms with van der Waals surface area (Å²) in [5.74, 6) is 0.538. The number of benzene rings is 2. The Labute approximate surface area is 163 Å². The van der Waals surface area contributed by atoms with Crippen molar-refractivity contribution >= 4 is 40.5 Å². The predicted molar refractivity (Wildman–Crippen MR) is 108 cm³/mol. The van der Waals surface area contributed by atoms with Crippen LogP contribution >= 0.6 is 23.8 Å². The first-order chi connectivity index (χ1) is 12.4. The van der Waals surface area contributed by atoms with Crippen molar-refractivity contribution in [1.82, 2.24) is 5.32 Å². The van der Waals surface area contributed by atoms with E-state index in [1.165, 1.54) is 0 Å². The van der Waals surface area contributed by atoms with E-state index >= 15 is 0 Å². The van der Waals surface area contributed by atoms with Crippen LogP contribution in [-0.2, 0) is 4.79 Å². The summed E-state index contributed by atoms with van der Waals surface area (Å²) in [6.07, 6.45) is 0.980. The van der Waals surface area contributed by atoms with E-state index in [-0.39, 0.29) is 17.5 Å². The van der Waals surface area contributed by atoms with Crippen molar-refractivity contribution in [3.05, 3.63) is 53.1 Å². The highest BCUT2D eigenvalue weighted by atomic mass is 35.5. The number of halogens is 1. The first-order valence-electron chi connectivity index (χ1n) is 8.21. The minimum absolute atomic E-state index is 0.0612. The zero-order chi connectivity index (χ0) is 19.1. The van der Waals surface area contributed by atoms with Gasteiger partial charge in [0.2, 0.25) is 0 Å². The molecule has 7 heteroatoms. The Balaban J connectivity index is 1.89. The number of ether oxygens (including phenoxy) is 1. The summed E-state index contributed by atoms with van der Waals surface area (Å²) >= 11 is 10.9. The molecule has 0 aromatic heterocycles. The summed E-state index contributed by atoms with van der Waals surface area (Å²) in [7, 11) is 0. The monoisotopic (exact) mass is 392 g/mol. The number of carbonyl (C=O) groups is 1. The zero-order valence-electron chi connectivity index (χ0n) is 14.6. The zero-order valence-corrected chi connectivity index (χ0v) is 16.2. The molecular formula is C19H21ClN2O3S. The maximum absolute atomic E-state index is 11.9. The van der Waals surface area contributed by atoms with Gasteiger partial charge in [-0.15, -0.1) is 0 Å². The molecule has 0 aliphatic rings. The van der Waals surface area contributed by atoms with E-state index in [1.54, 1.807) is 30.3 Å². The molecule has 0 saturated carbocycles. The lowest BCUT2D eigenvalue weighted by atomic mass is 9.98. The summed E-state index contributed by atoms with van der Waals surface area (Å²) in [6.45, 7) is 4.00. The summed E-state index contributed by atoms with van der Waals surface area (Å²) in [5.41, 5.74) is 1.53. The lowest BCUT2D eigenvalue weighted by Crippen LogP contribution is -2.37. The molecule has 2 rings (SSSR count). The van der Waals surface area contributed by atoms with Crippen LogP contribution in [0.3, 0.4) is 0 Å². The highest BCUT2D eigenvalue weighted by Crippen LogP contribution is 2.29. The third-order valence-corrected chi connectivity index (χ3v) is 4.34. The summed E-state index contributed by atoms with van der Waals surface area (Å²) in [5, 5.41) is 16.0. The van der Waals surface area contributed by atoms with Crippen LogP contribution in [0.1, 0.15) is 31.7 Å². The van der Waals surface area contributed by atoms with Gasteiger partial charge in [0.05, 0.1) is 5.69 Å². The fourth-order valence-corrected chi connectivity index (χ4v) is 2.54. The largest absolute Gasteiger partial charge is 0.506 e. The van der Waals surface area contributed by atoms with Crippen molar-refractivity contribution in [1.29, 1.82) is 0 Å². The third-order valence-electron chi connectivity index (χ3n) is 3.89. The van der Waals surface area contributed by atoms with Gasteiger partial charge in [0.25, 0.3) is 5.91 Å². The van der Waals surface area contributed by atoms with Gasteiger partial charge >= 0.3 is 0 Å². The molecule has 1 amide bonds. The number of aromatic hydroxyl groups is 1. The van der Waals surface area contributed by atoms with Gasteiger partial charge in [0.15, 0.2) is 11.7 Å². The molecule has 1 atom stereocenters. The lowest BCUT2D eigenvalue weighted by Gasteiger charge is -2.15. The van der Waals surface area contributed by atoms with Crippen LogP contribution in [0, 0.1) is 0 Å².